The molecule has 0 fully saturated rings. The third kappa shape index (κ3) is 4.71. The Hall–Kier alpha value is -2.93. The largest absolute Gasteiger partial charge is 0.481 e. The van der Waals surface area contributed by atoms with Crippen LogP contribution in [0.1, 0.15) is 46.1 Å². The molecule has 0 saturated carbocycles. The van der Waals surface area contributed by atoms with E-state index in [1.54, 1.807) is 13.0 Å². The van der Waals surface area contributed by atoms with E-state index in [1.165, 1.54) is 11.3 Å². The van der Waals surface area contributed by atoms with E-state index in [2.05, 4.69) is 5.32 Å². The number of carboxylic acid groups (broad SMARTS) is 1. The monoisotopic (exact) mass is 441 g/mol. The van der Waals surface area contributed by atoms with Gasteiger partial charge in [-0.1, -0.05) is 30.4 Å². The molecule has 2 N–H and O–H groups in total. The summed E-state index contributed by atoms with van der Waals surface area (Å²) < 4.78 is 5.30. The van der Waals surface area contributed by atoms with Gasteiger partial charge in [-0.2, -0.15) is 0 Å². The zero-order chi connectivity index (χ0) is 22.7. The van der Waals surface area contributed by atoms with Crippen molar-refractivity contribution in [2.75, 3.05) is 11.9 Å². The maximum absolute atomic E-state index is 13.0. The highest BCUT2D eigenvalue weighted by molar-refractivity contribution is 7.17. The van der Waals surface area contributed by atoms with Crippen molar-refractivity contribution in [3.05, 3.63) is 51.9 Å². The Bertz CT molecular complexity index is 1050. The molecule has 2 aromatic rings. The fourth-order valence-corrected chi connectivity index (χ4v) is 4.92. The summed E-state index contributed by atoms with van der Waals surface area (Å²) in [6, 6.07) is 5.98. The van der Waals surface area contributed by atoms with Crippen LogP contribution in [0.4, 0.5) is 5.00 Å². The number of aryl methyl sites for hydroxylation is 3. The lowest BCUT2D eigenvalue weighted by Gasteiger charge is -2.24. The number of hydrogen-bond acceptors (Lipinski definition) is 5. The van der Waals surface area contributed by atoms with Crippen molar-refractivity contribution < 1.29 is 24.2 Å². The predicted molar refractivity (Wildman–Crippen MR) is 122 cm³/mol. The van der Waals surface area contributed by atoms with Gasteiger partial charge in [-0.05, 0) is 57.2 Å². The number of rotatable bonds is 6. The zero-order valence-electron chi connectivity index (χ0n) is 18.2. The number of nitrogens with one attached hydrogen (secondary N) is 1. The summed E-state index contributed by atoms with van der Waals surface area (Å²) in [5.74, 6) is -3.36. The van der Waals surface area contributed by atoms with Crippen LogP contribution in [0.2, 0.25) is 0 Å². The van der Waals surface area contributed by atoms with Gasteiger partial charge in [-0.3, -0.25) is 9.59 Å². The van der Waals surface area contributed by atoms with Crippen molar-refractivity contribution in [3.8, 4) is 11.1 Å². The van der Waals surface area contributed by atoms with Gasteiger partial charge in [0, 0.05) is 10.4 Å². The molecule has 1 heterocycles. The second-order valence-corrected chi connectivity index (χ2v) is 8.96. The van der Waals surface area contributed by atoms with Gasteiger partial charge < -0.3 is 15.2 Å². The maximum Gasteiger partial charge on any atom is 0.341 e. The van der Waals surface area contributed by atoms with Gasteiger partial charge >= 0.3 is 11.9 Å². The van der Waals surface area contributed by atoms with E-state index in [4.69, 9.17) is 4.74 Å². The van der Waals surface area contributed by atoms with Crippen molar-refractivity contribution in [1.29, 1.82) is 0 Å². The van der Waals surface area contributed by atoms with E-state index < -0.39 is 29.7 Å². The molecule has 0 spiro atoms. The lowest BCUT2D eigenvalue weighted by molar-refractivity contribution is -0.146. The molecule has 1 aromatic carbocycles. The molecular weight excluding hydrogens is 414 g/mol. The normalized spacial score (nSPS) is 17.9. The second-order valence-electron chi connectivity index (χ2n) is 7.74. The number of hydrogen-bond donors (Lipinski definition) is 2. The minimum absolute atomic E-state index is 0.210. The molecule has 0 bridgehead atoms. The van der Waals surface area contributed by atoms with Crippen LogP contribution >= 0.6 is 11.3 Å². The zero-order valence-corrected chi connectivity index (χ0v) is 19.0. The van der Waals surface area contributed by atoms with E-state index in [0.717, 1.165) is 27.1 Å². The number of carboxylic acids is 1. The number of anilines is 1. The number of allylic oxidation sites excluding steroid dienone is 2. The van der Waals surface area contributed by atoms with Gasteiger partial charge in [0.1, 0.15) is 10.6 Å². The van der Waals surface area contributed by atoms with Crippen molar-refractivity contribution >= 4 is 34.2 Å². The van der Waals surface area contributed by atoms with Crippen LogP contribution in [-0.4, -0.2) is 29.6 Å². The lowest BCUT2D eigenvalue weighted by atomic mass is 9.82. The van der Waals surface area contributed by atoms with Gasteiger partial charge in [-0.25, -0.2) is 4.79 Å². The smallest absolute Gasteiger partial charge is 0.341 e. The van der Waals surface area contributed by atoms with Crippen LogP contribution in [0, 0.1) is 32.6 Å². The Morgan fingerprint density at radius 2 is 1.77 bits per heavy atom. The van der Waals surface area contributed by atoms with E-state index >= 15 is 0 Å². The van der Waals surface area contributed by atoms with E-state index in [1.807, 2.05) is 45.0 Å². The van der Waals surface area contributed by atoms with Crippen LogP contribution in [0.15, 0.2) is 30.4 Å². The Labute approximate surface area is 185 Å². The number of carbonyl (C=O) groups excluding carboxylic acids is 2. The fraction of sp³-hybridized carbons (Fsp3) is 0.375. The summed E-state index contributed by atoms with van der Waals surface area (Å²) in [7, 11) is 0. The first-order valence-electron chi connectivity index (χ1n) is 10.3. The molecule has 1 aliphatic rings. The molecule has 7 heteroatoms. The summed E-state index contributed by atoms with van der Waals surface area (Å²) in [6.07, 6.45) is 4.29. The summed E-state index contributed by atoms with van der Waals surface area (Å²) in [4.78, 5) is 38.4. The topological polar surface area (TPSA) is 92.7 Å². The highest BCUT2D eigenvalue weighted by Gasteiger charge is 2.35. The first-order chi connectivity index (χ1) is 14.7. The first kappa shape index (κ1) is 22.7. The number of ether oxygens (including phenoxy) is 1. The molecule has 2 atom stereocenters. The van der Waals surface area contributed by atoms with E-state index in [9.17, 15) is 19.5 Å². The first-order valence-corrected chi connectivity index (χ1v) is 11.1. The molecule has 0 aliphatic heterocycles. The van der Waals surface area contributed by atoms with Gasteiger partial charge in [0.15, 0.2) is 0 Å². The standard InChI is InChI=1S/C24H27NO5S/c1-5-30-24(29)20-19(16-11-10-13(2)14(3)12-16)15(4)31-22(20)25-21(26)17-8-6-7-9-18(17)23(27)28/h6-7,10-12,17-18H,5,8-9H2,1-4H3,(H,25,26)(H,27,28). The summed E-state index contributed by atoms with van der Waals surface area (Å²) in [5.41, 5.74) is 4.18. The van der Waals surface area contributed by atoms with Crippen molar-refractivity contribution in [2.45, 2.75) is 40.5 Å². The Morgan fingerprint density at radius 1 is 1.10 bits per heavy atom. The number of benzene rings is 1. The summed E-state index contributed by atoms with van der Waals surface area (Å²) in [5, 5.41) is 12.7. The van der Waals surface area contributed by atoms with Crippen LogP contribution in [-0.2, 0) is 14.3 Å². The molecule has 1 aliphatic carbocycles. The Morgan fingerprint density at radius 3 is 2.39 bits per heavy atom. The minimum atomic E-state index is -0.992. The average molecular weight is 442 g/mol. The molecule has 31 heavy (non-hydrogen) atoms. The summed E-state index contributed by atoms with van der Waals surface area (Å²) in [6.45, 7) is 7.88. The third-order valence-corrected chi connectivity index (χ3v) is 6.70. The van der Waals surface area contributed by atoms with Crippen molar-refractivity contribution in [1.82, 2.24) is 0 Å². The highest BCUT2D eigenvalue weighted by atomic mass is 32.1. The maximum atomic E-state index is 13.0. The van der Waals surface area contributed by atoms with Gasteiger partial charge in [0.05, 0.1) is 18.4 Å². The fourth-order valence-electron chi connectivity index (χ4n) is 3.86. The molecule has 0 radical (unpaired) electrons. The van der Waals surface area contributed by atoms with Gasteiger partial charge in [-0.15, -0.1) is 11.3 Å². The molecule has 6 nitrogen and oxygen atoms in total. The van der Waals surface area contributed by atoms with E-state index in [0.29, 0.717) is 23.4 Å². The lowest BCUT2D eigenvalue weighted by Crippen LogP contribution is -2.34. The second kappa shape index (κ2) is 9.47. The Kier molecular flexibility index (Phi) is 6.95. The highest BCUT2D eigenvalue weighted by Crippen LogP contribution is 2.41. The molecule has 164 valence electrons. The Balaban J connectivity index is 2.03. The van der Waals surface area contributed by atoms with Gasteiger partial charge in [0.25, 0.3) is 0 Å². The van der Waals surface area contributed by atoms with Gasteiger partial charge in [0.2, 0.25) is 5.91 Å². The average Bonchev–Trinajstić information content (AvgIpc) is 3.05. The van der Waals surface area contributed by atoms with Crippen molar-refractivity contribution in [2.24, 2.45) is 11.8 Å². The summed E-state index contributed by atoms with van der Waals surface area (Å²) >= 11 is 1.30. The van der Waals surface area contributed by atoms with Crippen LogP contribution < -0.4 is 5.32 Å². The molecule has 2 unspecified atom stereocenters. The predicted octanol–water partition coefficient (Wildman–Crippen LogP) is 5.12. The molecular formula is C24H27NO5S. The SMILES string of the molecule is CCOC(=O)c1c(NC(=O)C2CC=CCC2C(=O)O)sc(C)c1-c1ccc(C)c(C)c1. The number of esters is 1. The van der Waals surface area contributed by atoms with Crippen LogP contribution in [0.5, 0.6) is 0 Å². The number of amides is 1. The number of thiophene rings is 1. The van der Waals surface area contributed by atoms with Crippen LogP contribution in [0.25, 0.3) is 11.1 Å². The number of aliphatic carboxylic acids is 1. The molecule has 0 saturated heterocycles. The third-order valence-electron chi connectivity index (χ3n) is 5.68. The molecule has 1 amide bonds. The number of carbonyl (C=O) groups is 3. The molecule has 3 rings (SSSR count). The van der Waals surface area contributed by atoms with Crippen LogP contribution in [0.3, 0.4) is 0 Å². The minimum Gasteiger partial charge on any atom is -0.481 e. The van der Waals surface area contributed by atoms with E-state index in [-0.39, 0.29) is 6.61 Å². The van der Waals surface area contributed by atoms with Crippen molar-refractivity contribution in [3.63, 3.8) is 0 Å². The molecule has 1 aromatic heterocycles. The quantitative estimate of drug-likeness (QED) is 0.479.